The molecule has 5 fully saturated rings. The van der Waals surface area contributed by atoms with Gasteiger partial charge in [-0.25, -0.2) is 0 Å². The first kappa shape index (κ1) is 20.2. The number of allylic oxidation sites excluding steroid dienone is 2. The molecule has 8 atom stereocenters. The van der Waals surface area contributed by atoms with Gasteiger partial charge in [0.2, 0.25) is 0 Å². The van der Waals surface area contributed by atoms with Crippen molar-refractivity contribution in [3.63, 3.8) is 0 Å². The van der Waals surface area contributed by atoms with Crippen LogP contribution in [-0.2, 0) is 0 Å². The number of hydrogen-bond donors (Lipinski definition) is 0. The maximum absolute atomic E-state index is 3.94. The Bertz CT molecular complexity index is 1030. The minimum Gasteiger partial charge on any atom is -0.287 e. The lowest BCUT2D eigenvalue weighted by molar-refractivity contribution is -0.128. The van der Waals surface area contributed by atoms with Gasteiger partial charge in [0, 0.05) is 47.2 Å². The first-order valence-corrected chi connectivity index (χ1v) is 14.6. The fourth-order valence-corrected chi connectivity index (χ4v) is 12.2. The molecule has 0 amide bonds. The molecule has 3 aliphatic heterocycles. The summed E-state index contributed by atoms with van der Waals surface area (Å²) in [6, 6.07) is 0.670. The van der Waals surface area contributed by atoms with Gasteiger partial charge in [0.25, 0.3) is 0 Å². The molecule has 0 N–H and O–H groups in total. The Morgan fingerprint density at radius 3 is 2.67 bits per heavy atom. The molecule has 3 heterocycles. The Morgan fingerprint density at radius 1 is 0.939 bits per heavy atom. The highest BCUT2D eigenvalue weighted by molar-refractivity contribution is 5.47. The Morgan fingerprint density at radius 2 is 1.79 bits per heavy atom. The van der Waals surface area contributed by atoms with E-state index in [0.717, 1.165) is 24.7 Å². The Kier molecular flexibility index (Phi) is 3.81. The van der Waals surface area contributed by atoms with E-state index in [1.165, 1.54) is 90.0 Å². The molecule has 0 radical (unpaired) electrons. The van der Waals surface area contributed by atoms with E-state index >= 15 is 0 Å². The van der Waals surface area contributed by atoms with E-state index in [0.29, 0.717) is 33.2 Å². The average molecular weight is 442 g/mol. The Labute approximate surface area is 201 Å². The maximum atomic E-state index is 3.94. The fraction of sp³-hybridized carbons (Fsp3) is 0.812. The van der Waals surface area contributed by atoms with Crippen molar-refractivity contribution in [2.24, 2.45) is 33.5 Å². The van der Waals surface area contributed by atoms with E-state index in [4.69, 9.17) is 0 Å². The zero-order chi connectivity index (χ0) is 22.1. The SMILES string of the molecule is CC1=C2C[C@]34CC[C@@H](C5CCCCC5)[C@@]2(CC1)[C@]3(C)CC#CC[C@]12C=C[C@H]4N3C[C@]31CCC2. The first-order valence-electron chi connectivity index (χ1n) is 14.6. The van der Waals surface area contributed by atoms with Gasteiger partial charge < -0.3 is 0 Å². The molecule has 1 saturated heterocycles. The van der Waals surface area contributed by atoms with Gasteiger partial charge in [0.15, 0.2) is 0 Å². The van der Waals surface area contributed by atoms with Crippen molar-refractivity contribution in [2.75, 3.05) is 6.54 Å². The quantitative estimate of drug-likeness (QED) is 0.232. The monoisotopic (exact) mass is 441 g/mol. The summed E-state index contributed by atoms with van der Waals surface area (Å²) in [7, 11) is 0. The van der Waals surface area contributed by atoms with Gasteiger partial charge in [-0.1, -0.05) is 68.7 Å². The highest BCUT2D eigenvalue weighted by Gasteiger charge is 2.79. The van der Waals surface area contributed by atoms with Crippen LogP contribution in [0.4, 0.5) is 0 Å². The van der Waals surface area contributed by atoms with Crippen molar-refractivity contribution in [3.05, 3.63) is 23.3 Å². The summed E-state index contributed by atoms with van der Waals surface area (Å²) in [5.74, 6) is 9.70. The van der Waals surface area contributed by atoms with Crippen molar-refractivity contribution in [1.29, 1.82) is 0 Å². The summed E-state index contributed by atoms with van der Waals surface area (Å²) in [4.78, 5) is 3.05. The van der Waals surface area contributed by atoms with Crippen LogP contribution in [0.1, 0.15) is 110 Å². The second kappa shape index (κ2) is 6.22. The lowest BCUT2D eigenvalue weighted by atomic mass is 9.42. The molecule has 9 aliphatic rings. The summed E-state index contributed by atoms with van der Waals surface area (Å²) >= 11 is 0. The molecule has 1 nitrogen and oxygen atoms in total. The highest BCUT2D eigenvalue weighted by Crippen LogP contribution is 2.82. The molecule has 176 valence electrons. The van der Waals surface area contributed by atoms with E-state index in [9.17, 15) is 0 Å². The van der Waals surface area contributed by atoms with E-state index in [-0.39, 0.29) is 0 Å². The third-order valence-electron chi connectivity index (χ3n) is 13.8. The van der Waals surface area contributed by atoms with E-state index < -0.39 is 0 Å². The summed E-state index contributed by atoms with van der Waals surface area (Å²) in [6.45, 7) is 6.67. The first-order chi connectivity index (χ1) is 16.0. The lowest BCUT2D eigenvalue weighted by Crippen LogP contribution is -2.60. The van der Waals surface area contributed by atoms with Crippen LogP contribution >= 0.6 is 0 Å². The van der Waals surface area contributed by atoms with Crippen molar-refractivity contribution in [3.8, 4) is 11.8 Å². The van der Waals surface area contributed by atoms with Crippen molar-refractivity contribution in [2.45, 2.75) is 122 Å². The topological polar surface area (TPSA) is 3.01 Å². The fourth-order valence-electron chi connectivity index (χ4n) is 12.2. The second-order valence-corrected chi connectivity index (χ2v) is 14.1. The van der Waals surface area contributed by atoms with Gasteiger partial charge in [-0.05, 0) is 69.1 Å². The van der Waals surface area contributed by atoms with Crippen LogP contribution in [0.3, 0.4) is 0 Å². The van der Waals surface area contributed by atoms with Crippen LogP contribution in [0.15, 0.2) is 23.3 Å². The van der Waals surface area contributed by atoms with E-state index in [1.807, 2.05) is 5.57 Å². The minimum absolute atomic E-state index is 0.342. The van der Waals surface area contributed by atoms with Crippen LogP contribution in [0.5, 0.6) is 0 Å². The molecule has 0 aromatic carbocycles. The second-order valence-electron chi connectivity index (χ2n) is 14.1. The standard InChI is InChI=1S/C32H43N/c1-23-11-20-32-25(24-9-4-3-5-10-24)12-19-30(21-26(23)32)27-13-18-29(15-7-6-14-28(30,32)2)16-8-17-31(29)22-33(27)31/h13,18,24-25,27H,3-5,8-12,14-17,19-22H2,1-2H3/t25-,27+,28+,29-,30-,31-,32+,33?/m0/s1. The van der Waals surface area contributed by atoms with Crippen LogP contribution < -0.4 is 0 Å². The van der Waals surface area contributed by atoms with Crippen LogP contribution in [0.25, 0.3) is 0 Å². The molecule has 1 heteroatoms. The van der Waals surface area contributed by atoms with Crippen LogP contribution in [-0.4, -0.2) is 23.0 Å². The molecule has 33 heavy (non-hydrogen) atoms. The summed E-state index contributed by atoms with van der Waals surface area (Å²) < 4.78 is 0. The maximum Gasteiger partial charge on any atom is 0.0443 e. The van der Waals surface area contributed by atoms with Crippen molar-refractivity contribution in [1.82, 2.24) is 4.90 Å². The Balaban J connectivity index is 1.33. The number of fused-ring (bicyclic) bond motifs is 2. The summed E-state index contributed by atoms with van der Waals surface area (Å²) in [5, 5.41) is 0. The predicted molar refractivity (Wildman–Crippen MR) is 134 cm³/mol. The van der Waals surface area contributed by atoms with E-state index in [2.05, 4.69) is 42.7 Å². The molecular formula is C32H43N. The molecular weight excluding hydrogens is 398 g/mol. The van der Waals surface area contributed by atoms with Gasteiger partial charge in [-0.2, -0.15) is 0 Å². The third-order valence-corrected chi connectivity index (χ3v) is 13.8. The normalized spacial score (nSPS) is 56.0. The molecule has 4 saturated carbocycles. The molecule has 9 rings (SSSR count). The van der Waals surface area contributed by atoms with E-state index in [1.54, 1.807) is 5.57 Å². The Hall–Kier alpha value is -1.00. The van der Waals surface area contributed by atoms with Crippen molar-refractivity contribution >= 4 is 0 Å². The van der Waals surface area contributed by atoms with Crippen LogP contribution in [0, 0.1) is 45.3 Å². The molecule has 0 aromatic heterocycles. The number of hydrogen-bond acceptors (Lipinski definition) is 1. The molecule has 6 aliphatic carbocycles. The molecule has 1 unspecified atom stereocenters. The van der Waals surface area contributed by atoms with Gasteiger partial charge in [-0.15, -0.1) is 11.8 Å². The minimum atomic E-state index is 0.342. The van der Waals surface area contributed by atoms with Gasteiger partial charge in [-0.3, -0.25) is 4.90 Å². The van der Waals surface area contributed by atoms with Gasteiger partial charge in [0.05, 0.1) is 0 Å². The molecule has 3 spiro atoms. The van der Waals surface area contributed by atoms with Crippen LogP contribution in [0.2, 0.25) is 0 Å². The third kappa shape index (κ3) is 2.04. The average Bonchev–Trinajstić information content (AvgIpc) is 3.32. The van der Waals surface area contributed by atoms with Gasteiger partial charge >= 0.3 is 0 Å². The predicted octanol–water partition coefficient (Wildman–Crippen LogP) is 7.43. The smallest absolute Gasteiger partial charge is 0.0443 e. The van der Waals surface area contributed by atoms with Gasteiger partial charge in [0.1, 0.15) is 0 Å². The number of rotatable bonds is 1. The highest BCUT2D eigenvalue weighted by atomic mass is 15.4. The lowest BCUT2D eigenvalue weighted by Gasteiger charge is -2.63. The molecule has 4 bridgehead atoms. The van der Waals surface area contributed by atoms with Crippen molar-refractivity contribution < 1.29 is 0 Å². The summed E-state index contributed by atoms with van der Waals surface area (Å²) in [6.07, 6.45) is 26.7. The zero-order valence-electron chi connectivity index (χ0n) is 21.1. The largest absolute Gasteiger partial charge is 0.287 e. The summed E-state index contributed by atoms with van der Waals surface area (Å²) in [5.41, 5.74) is 5.82. The molecule has 0 aromatic rings. The number of nitrogens with zero attached hydrogens (tertiary/aromatic N) is 1. The zero-order valence-corrected chi connectivity index (χ0v) is 21.1.